The van der Waals surface area contributed by atoms with Gasteiger partial charge in [-0.15, -0.1) is 5.10 Å². The van der Waals surface area contributed by atoms with Crippen LogP contribution in [0.2, 0.25) is 0 Å². The molecule has 0 spiro atoms. The van der Waals surface area contributed by atoms with E-state index in [2.05, 4.69) is 46.2 Å². The normalized spacial score (nSPS) is 10.9. The standard InChI is InChI=1S/C15H17N5/c1-10-7-14-17-15(16)18-20(14)9-13(10)11-5-4-6-12(8-11)19(2)3/h4-9H,1-3H3,(H2,16,18). The summed E-state index contributed by atoms with van der Waals surface area (Å²) in [5.74, 6) is 0.295. The lowest BCUT2D eigenvalue weighted by atomic mass is 10.0. The van der Waals surface area contributed by atoms with Crippen molar-refractivity contribution in [2.45, 2.75) is 6.92 Å². The van der Waals surface area contributed by atoms with E-state index in [-0.39, 0.29) is 0 Å². The Kier molecular flexibility index (Phi) is 2.82. The van der Waals surface area contributed by atoms with Crippen molar-refractivity contribution in [2.75, 3.05) is 24.7 Å². The van der Waals surface area contributed by atoms with Crippen molar-refractivity contribution in [2.24, 2.45) is 0 Å². The molecular formula is C15H17N5. The number of hydrogen-bond donors (Lipinski definition) is 1. The number of aryl methyl sites for hydroxylation is 1. The topological polar surface area (TPSA) is 59.4 Å². The van der Waals surface area contributed by atoms with Crippen molar-refractivity contribution in [3.05, 3.63) is 42.1 Å². The zero-order valence-corrected chi connectivity index (χ0v) is 11.8. The van der Waals surface area contributed by atoms with Crippen molar-refractivity contribution in [3.63, 3.8) is 0 Å². The van der Waals surface area contributed by atoms with Gasteiger partial charge >= 0.3 is 0 Å². The molecule has 0 atom stereocenters. The van der Waals surface area contributed by atoms with Crippen molar-refractivity contribution in [1.29, 1.82) is 0 Å². The Hall–Kier alpha value is -2.56. The first-order chi connectivity index (χ1) is 9.54. The summed E-state index contributed by atoms with van der Waals surface area (Å²) < 4.78 is 1.72. The third kappa shape index (κ3) is 2.07. The Balaban J connectivity index is 2.18. The number of nitrogens with two attached hydrogens (primary N) is 1. The van der Waals surface area contributed by atoms with Gasteiger partial charge in [0.25, 0.3) is 0 Å². The van der Waals surface area contributed by atoms with Crippen LogP contribution in [0, 0.1) is 6.92 Å². The molecule has 0 saturated carbocycles. The van der Waals surface area contributed by atoms with E-state index in [1.807, 2.05) is 26.4 Å². The summed E-state index contributed by atoms with van der Waals surface area (Å²) in [6.07, 6.45) is 1.98. The molecule has 0 aliphatic carbocycles. The molecular weight excluding hydrogens is 250 g/mol. The SMILES string of the molecule is Cc1cc2nc(N)nn2cc1-c1cccc(N(C)C)c1. The van der Waals surface area contributed by atoms with Crippen LogP contribution in [0.1, 0.15) is 5.56 Å². The van der Waals surface area contributed by atoms with Gasteiger partial charge in [0, 0.05) is 31.5 Å². The minimum absolute atomic E-state index is 0.295. The summed E-state index contributed by atoms with van der Waals surface area (Å²) in [5, 5.41) is 4.17. The van der Waals surface area contributed by atoms with Gasteiger partial charge in [0.15, 0.2) is 5.65 Å². The molecule has 5 heteroatoms. The van der Waals surface area contributed by atoms with Crippen LogP contribution in [0.3, 0.4) is 0 Å². The van der Waals surface area contributed by atoms with E-state index in [1.54, 1.807) is 4.52 Å². The summed E-state index contributed by atoms with van der Waals surface area (Å²) >= 11 is 0. The third-order valence-corrected chi connectivity index (χ3v) is 3.37. The van der Waals surface area contributed by atoms with Gasteiger partial charge < -0.3 is 10.6 Å². The fraction of sp³-hybridized carbons (Fsp3) is 0.200. The number of aromatic nitrogens is 3. The molecule has 20 heavy (non-hydrogen) atoms. The van der Waals surface area contributed by atoms with Crippen LogP contribution in [0.4, 0.5) is 11.6 Å². The molecule has 5 nitrogen and oxygen atoms in total. The van der Waals surface area contributed by atoms with Crippen LogP contribution >= 0.6 is 0 Å². The van der Waals surface area contributed by atoms with Crippen molar-refractivity contribution >= 4 is 17.3 Å². The first-order valence-electron chi connectivity index (χ1n) is 6.45. The maximum Gasteiger partial charge on any atom is 0.240 e. The number of anilines is 2. The quantitative estimate of drug-likeness (QED) is 0.774. The summed E-state index contributed by atoms with van der Waals surface area (Å²) in [6, 6.07) is 10.4. The van der Waals surface area contributed by atoms with Crippen LogP contribution in [0.25, 0.3) is 16.8 Å². The van der Waals surface area contributed by atoms with Crippen LogP contribution in [0.5, 0.6) is 0 Å². The Labute approximate surface area is 117 Å². The predicted octanol–water partition coefficient (Wildman–Crippen LogP) is 2.35. The number of fused-ring (bicyclic) bond motifs is 1. The molecule has 0 radical (unpaired) electrons. The summed E-state index contributed by atoms with van der Waals surface area (Å²) in [7, 11) is 4.07. The summed E-state index contributed by atoms with van der Waals surface area (Å²) in [6.45, 7) is 2.07. The maximum absolute atomic E-state index is 5.64. The van der Waals surface area contributed by atoms with Crippen molar-refractivity contribution in [1.82, 2.24) is 14.6 Å². The van der Waals surface area contributed by atoms with E-state index >= 15 is 0 Å². The fourth-order valence-electron chi connectivity index (χ4n) is 2.30. The molecule has 3 aromatic rings. The molecule has 0 saturated heterocycles. The zero-order valence-electron chi connectivity index (χ0n) is 11.8. The van der Waals surface area contributed by atoms with Crippen LogP contribution in [0.15, 0.2) is 36.5 Å². The highest BCUT2D eigenvalue weighted by atomic mass is 15.3. The Morgan fingerprint density at radius 2 is 2.00 bits per heavy atom. The average Bonchev–Trinajstić information content (AvgIpc) is 2.77. The van der Waals surface area contributed by atoms with Crippen LogP contribution in [-0.4, -0.2) is 28.7 Å². The molecule has 0 unspecified atom stereocenters. The Morgan fingerprint density at radius 3 is 2.75 bits per heavy atom. The maximum atomic E-state index is 5.64. The highest BCUT2D eigenvalue weighted by Crippen LogP contribution is 2.27. The molecule has 2 aromatic heterocycles. The van der Waals surface area contributed by atoms with E-state index in [4.69, 9.17) is 5.73 Å². The fourth-order valence-corrected chi connectivity index (χ4v) is 2.30. The molecule has 3 rings (SSSR count). The van der Waals surface area contributed by atoms with Gasteiger partial charge in [-0.05, 0) is 36.2 Å². The van der Waals surface area contributed by atoms with Gasteiger partial charge in [0.1, 0.15) is 0 Å². The minimum Gasteiger partial charge on any atom is -0.378 e. The van der Waals surface area contributed by atoms with E-state index in [1.165, 1.54) is 5.69 Å². The number of rotatable bonds is 2. The Morgan fingerprint density at radius 1 is 1.20 bits per heavy atom. The molecule has 102 valence electrons. The highest BCUT2D eigenvalue weighted by molar-refractivity contribution is 5.72. The van der Waals surface area contributed by atoms with Gasteiger partial charge in [-0.2, -0.15) is 4.98 Å². The molecule has 0 amide bonds. The lowest BCUT2D eigenvalue weighted by Gasteiger charge is -2.14. The number of nitrogens with zero attached hydrogens (tertiary/aromatic N) is 4. The van der Waals surface area contributed by atoms with Crippen molar-refractivity contribution in [3.8, 4) is 11.1 Å². The zero-order chi connectivity index (χ0) is 14.3. The first kappa shape index (κ1) is 12.5. The van der Waals surface area contributed by atoms with Crippen LogP contribution in [-0.2, 0) is 0 Å². The smallest absolute Gasteiger partial charge is 0.240 e. The van der Waals surface area contributed by atoms with E-state index in [9.17, 15) is 0 Å². The molecule has 1 aromatic carbocycles. The van der Waals surface area contributed by atoms with Gasteiger partial charge in [0.2, 0.25) is 5.95 Å². The molecule has 2 N–H and O–H groups in total. The Bertz CT molecular complexity index is 773. The molecule has 0 bridgehead atoms. The largest absolute Gasteiger partial charge is 0.378 e. The monoisotopic (exact) mass is 267 g/mol. The lowest BCUT2D eigenvalue weighted by Crippen LogP contribution is -2.08. The summed E-state index contributed by atoms with van der Waals surface area (Å²) in [4.78, 5) is 6.26. The second-order valence-corrected chi connectivity index (χ2v) is 5.09. The molecule has 0 aliphatic rings. The predicted molar refractivity (Wildman–Crippen MR) is 81.9 cm³/mol. The van der Waals surface area contributed by atoms with E-state index < -0.39 is 0 Å². The number of hydrogen-bond acceptors (Lipinski definition) is 4. The second-order valence-electron chi connectivity index (χ2n) is 5.09. The molecule has 0 aliphatic heterocycles. The average molecular weight is 267 g/mol. The van der Waals surface area contributed by atoms with E-state index in [0.29, 0.717) is 5.95 Å². The van der Waals surface area contributed by atoms with Gasteiger partial charge in [-0.3, -0.25) is 0 Å². The van der Waals surface area contributed by atoms with Gasteiger partial charge in [0.05, 0.1) is 0 Å². The van der Waals surface area contributed by atoms with Crippen molar-refractivity contribution < 1.29 is 0 Å². The van der Waals surface area contributed by atoms with E-state index in [0.717, 1.165) is 22.3 Å². The minimum atomic E-state index is 0.295. The lowest BCUT2D eigenvalue weighted by molar-refractivity contribution is 0.966. The highest BCUT2D eigenvalue weighted by Gasteiger charge is 2.08. The number of benzene rings is 1. The molecule has 2 heterocycles. The summed E-state index contributed by atoms with van der Waals surface area (Å²) in [5.41, 5.74) is 11.0. The third-order valence-electron chi connectivity index (χ3n) is 3.37. The second kappa shape index (κ2) is 4.52. The number of pyridine rings is 1. The number of nitrogen functional groups attached to an aromatic ring is 1. The first-order valence-corrected chi connectivity index (χ1v) is 6.45. The van der Waals surface area contributed by atoms with Crippen LogP contribution < -0.4 is 10.6 Å². The van der Waals surface area contributed by atoms with Gasteiger partial charge in [-0.25, -0.2) is 4.52 Å². The molecule has 0 fully saturated rings. The van der Waals surface area contributed by atoms with Gasteiger partial charge in [-0.1, -0.05) is 12.1 Å².